The molecule has 10 nitrogen and oxygen atoms in total. The van der Waals surface area contributed by atoms with Gasteiger partial charge >= 0.3 is 5.97 Å². The van der Waals surface area contributed by atoms with E-state index in [1.807, 2.05) is 0 Å². The van der Waals surface area contributed by atoms with E-state index in [1.54, 1.807) is 27.7 Å². The molecule has 0 spiro atoms. The number of fused-ring (bicyclic) bond motifs is 1. The van der Waals surface area contributed by atoms with Crippen molar-refractivity contribution >= 4 is 5.97 Å². The second-order valence-corrected chi connectivity index (χ2v) is 6.85. The summed E-state index contributed by atoms with van der Waals surface area (Å²) >= 11 is 0. The van der Waals surface area contributed by atoms with Gasteiger partial charge in [0.1, 0.15) is 24.4 Å². The van der Waals surface area contributed by atoms with Crippen molar-refractivity contribution in [2.75, 3.05) is 13.7 Å². The molecule has 0 aliphatic carbocycles. The zero-order valence-electron chi connectivity index (χ0n) is 14.2. The monoisotopic (exact) mass is 343 g/mol. The number of azide groups is 1. The van der Waals surface area contributed by atoms with Crippen LogP contribution < -0.4 is 0 Å². The highest BCUT2D eigenvalue weighted by Crippen LogP contribution is 2.48. The molecule has 10 heteroatoms. The van der Waals surface area contributed by atoms with Gasteiger partial charge in [-0.25, -0.2) is 4.79 Å². The maximum Gasteiger partial charge on any atom is 0.347 e. The summed E-state index contributed by atoms with van der Waals surface area (Å²) < 4.78 is 33.7. The molecule has 5 atom stereocenters. The average Bonchev–Trinajstić information content (AvgIpc) is 3.09. The van der Waals surface area contributed by atoms with Gasteiger partial charge in [0.2, 0.25) is 0 Å². The second kappa shape index (κ2) is 5.55. The molecule has 134 valence electrons. The van der Waals surface area contributed by atoms with Crippen LogP contribution in [0.15, 0.2) is 5.11 Å². The molecule has 0 N–H and O–H groups in total. The predicted molar refractivity (Wildman–Crippen MR) is 77.5 cm³/mol. The van der Waals surface area contributed by atoms with E-state index in [2.05, 4.69) is 10.0 Å². The third-order valence-corrected chi connectivity index (χ3v) is 4.22. The Kier molecular flexibility index (Phi) is 4.03. The summed E-state index contributed by atoms with van der Waals surface area (Å²) in [7, 11) is 1.18. The van der Waals surface area contributed by atoms with Crippen molar-refractivity contribution in [3.05, 3.63) is 10.4 Å². The molecule has 3 rings (SSSR count). The van der Waals surface area contributed by atoms with E-state index in [1.165, 1.54) is 7.11 Å². The number of esters is 1. The second-order valence-electron chi connectivity index (χ2n) is 6.85. The Morgan fingerprint density at radius 1 is 1.12 bits per heavy atom. The first-order chi connectivity index (χ1) is 11.1. The Morgan fingerprint density at radius 3 is 2.38 bits per heavy atom. The molecule has 0 radical (unpaired) electrons. The fraction of sp³-hybridized carbons (Fsp3) is 0.929. The molecule has 3 aliphatic rings. The van der Waals surface area contributed by atoms with Gasteiger partial charge in [-0.15, -0.1) is 0 Å². The molecule has 0 amide bonds. The lowest BCUT2D eigenvalue weighted by Crippen LogP contribution is -2.49. The standard InChI is InChI=1S/C14H21N3O7/c1-12(2)20-6-7(21-12)8-9-10(24-13(3,4)22-9)14(23-8,16-17-15)11(18)19-5/h7-10H,6H2,1-5H3/t7-,8+,9-,10-,14-/m1/s1. The van der Waals surface area contributed by atoms with Crippen LogP contribution >= 0.6 is 0 Å². The minimum absolute atomic E-state index is 0.248. The molecular weight excluding hydrogens is 322 g/mol. The van der Waals surface area contributed by atoms with Crippen LogP contribution in [0.5, 0.6) is 0 Å². The molecule has 0 unspecified atom stereocenters. The van der Waals surface area contributed by atoms with E-state index < -0.39 is 47.7 Å². The van der Waals surface area contributed by atoms with Crippen molar-refractivity contribution in [1.29, 1.82) is 0 Å². The SMILES string of the molecule is COC(=O)[C@]1(N=[N+]=[N-])O[C@@H]([C@H]2COC(C)(C)O2)[C@H]2OC(C)(C)O[C@H]21. The van der Waals surface area contributed by atoms with Gasteiger partial charge in [0.25, 0.3) is 5.72 Å². The Hall–Kier alpha value is -1.42. The predicted octanol–water partition coefficient (Wildman–Crippen LogP) is 1.24. The van der Waals surface area contributed by atoms with Crippen LogP contribution in [0.3, 0.4) is 0 Å². The van der Waals surface area contributed by atoms with E-state index >= 15 is 0 Å². The first-order valence-corrected chi connectivity index (χ1v) is 7.64. The van der Waals surface area contributed by atoms with Gasteiger partial charge in [-0.3, -0.25) is 0 Å². The highest BCUT2D eigenvalue weighted by atomic mass is 16.8. The first-order valence-electron chi connectivity index (χ1n) is 7.64. The van der Waals surface area contributed by atoms with Gasteiger partial charge in [0.15, 0.2) is 11.6 Å². The molecule has 0 bridgehead atoms. The van der Waals surface area contributed by atoms with E-state index in [0.717, 1.165) is 0 Å². The first kappa shape index (κ1) is 17.4. The number of rotatable bonds is 3. The molecule has 0 aromatic rings. The maximum absolute atomic E-state index is 12.3. The van der Waals surface area contributed by atoms with Gasteiger partial charge in [0, 0.05) is 4.91 Å². The zero-order chi connectivity index (χ0) is 17.8. The lowest BCUT2D eigenvalue weighted by Gasteiger charge is -2.29. The summed E-state index contributed by atoms with van der Waals surface area (Å²) in [5.74, 6) is -2.61. The number of carbonyl (C=O) groups is 1. The summed E-state index contributed by atoms with van der Waals surface area (Å²) in [5.41, 5.74) is 6.97. The molecule has 0 aromatic heterocycles. The number of hydrogen-bond acceptors (Lipinski definition) is 8. The fourth-order valence-corrected chi connectivity index (χ4v) is 3.34. The van der Waals surface area contributed by atoms with Gasteiger partial charge < -0.3 is 28.4 Å². The molecule has 3 heterocycles. The molecule has 0 aromatic carbocycles. The number of methoxy groups -OCH3 is 1. The largest absolute Gasteiger partial charge is 0.467 e. The van der Waals surface area contributed by atoms with E-state index in [-0.39, 0.29) is 6.61 Å². The van der Waals surface area contributed by atoms with E-state index in [0.29, 0.717) is 0 Å². The van der Waals surface area contributed by atoms with Gasteiger partial charge in [-0.05, 0) is 38.3 Å². The Labute approximate surface area is 138 Å². The fourth-order valence-electron chi connectivity index (χ4n) is 3.34. The minimum atomic E-state index is -1.97. The van der Waals surface area contributed by atoms with Crippen molar-refractivity contribution in [2.45, 2.75) is 69.4 Å². The van der Waals surface area contributed by atoms with Crippen molar-refractivity contribution < 1.29 is 33.2 Å². The zero-order valence-corrected chi connectivity index (χ0v) is 14.2. The summed E-state index contributed by atoms with van der Waals surface area (Å²) in [6, 6.07) is 0. The topological polar surface area (TPSA) is 121 Å². The van der Waals surface area contributed by atoms with E-state index in [4.69, 9.17) is 34.0 Å². The molecule has 0 saturated carbocycles. The van der Waals surface area contributed by atoms with Crippen molar-refractivity contribution in [1.82, 2.24) is 0 Å². The normalized spacial score (nSPS) is 42.4. The summed E-state index contributed by atoms with van der Waals surface area (Å²) in [6.07, 6.45) is -2.85. The van der Waals surface area contributed by atoms with Crippen LogP contribution in [0.1, 0.15) is 27.7 Å². The molecule has 3 fully saturated rings. The highest BCUT2D eigenvalue weighted by Gasteiger charge is 2.69. The quantitative estimate of drug-likeness (QED) is 0.327. The van der Waals surface area contributed by atoms with Crippen LogP contribution in [-0.2, 0) is 33.2 Å². The lowest BCUT2D eigenvalue weighted by atomic mass is 10.0. The molecular formula is C14H21N3O7. The third kappa shape index (κ3) is 2.65. The summed E-state index contributed by atoms with van der Waals surface area (Å²) in [6.45, 7) is 7.21. The summed E-state index contributed by atoms with van der Waals surface area (Å²) in [4.78, 5) is 15.1. The van der Waals surface area contributed by atoms with E-state index in [9.17, 15) is 4.79 Å². The molecule has 3 aliphatic heterocycles. The lowest BCUT2D eigenvalue weighted by molar-refractivity contribution is -0.230. The highest BCUT2D eigenvalue weighted by molar-refractivity contribution is 5.81. The Morgan fingerprint density at radius 2 is 1.83 bits per heavy atom. The minimum Gasteiger partial charge on any atom is -0.467 e. The van der Waals surface area contributed by atoms with Gasteiger partial charge in [-0.2, -0.15) is 0 Å². The smallest absolute Gasteiger partial charge is 0.347 e. The van der Waals surface area contributed by atoms with Gasteiger partial charge in [-0.1, -0.05) is 0 Å². The van der Waals surface area contributed by atoms with Crippen molar-refractivity contribution in [3.63, 3.8) is 0 Å². The van der Waals surface area contributed by atoms with Crippen molar-refractivity contribution in [3.8, 4) is 0 Å². The Bertz CT molecular complexity index is 589. The maximum atomic E-state index is 12.3. The molecule has 3 saturated heterocycles. The van der Waals surface area contributed by atoms with Crippen LogP contribution in [0.2, 0.25) is 0 Å². The number of carbonyl (C=O) groups excluding carboxylic acids is 1. The van der Waals surface area contributed by atoms with Crippen LogP contribution in [0.25, 0.3) is 10.4 Å². The average molecular weight is 343 g/mol. The van der Waals surface area contributed by atoms with Gasteiger partial charge in [0.05, 0.1) is 13.7 Å². The number of hydrogen-bond donors (Lipinski definition) is 0. The number of ether oxygens (including phenoxy) is 6. The van der Waals surface area contributed by atoms with Crippen LogP contribution in [0, 0.1) is 0 Å². The molecule has 24 heavy (non-hydrogen) atoms. The van der Waals surface area contributed by atoms with Crippen LogP contribution in [0.4, 0.5) is 0 Å². The van der Waals surface area contributed by atoms with Crippen molar-refractivity contribution in [2.24, 2.45) is 5.11 Å². The third-order valence-electron chi connectivity index (χ3n) is 4.22. The Balaban J connectivity index is 1.98. The number of nitrogens with zero attached hydrogens (tertiary/aromatic N) is 3. The summed E-state index contributed by atoms with van der Waals surface area (Å²) in [5, 5.41) is 3.57. The van der Waals surface area contributed by atoms with Crippen LogP contribution in [-0.4, -0.2) is 61.4 Å².